The lowest BCUT2D eigenvalue weighted by atomic mass is 10.2. The van der Waals surface area contributed by atoms with E-state index in [1.165, 1.54) is 0 Å². The van der Waals surface area contributed by atoms with Crippen LogP contribution in [0.15, 0.2) is 23.1 Å². The molecule has 0 amide bonds. The quantitative estimate of drug-likeness (QED) is 0.685. The van der Waals surface area contributed by atoms with Crippen molar-refractivity contribution in [3.63, 3.8) is 0 Å². The molecule has 0 heterocycles. The lowest BCUT2D eigenvalue weighted by Gasteiger charge is -2.11. The van der Waals surface area contributed by atoms with E-state index in [2.05, 4.69) is 4.74 Å². The van der Waals surface area contributed by atoms with Crippen molar-refractivity contribution >= 4 is 16.5 Å². The molecule has 0 aliphatic heterocycles. The maximum absolute atomic E-state index is 12.4. The van der Waals surface area contributed by atoms with Gasteiger partial charge in [-0.05, 0) is 18.2 Å². The predicted octanol–water partition coefficient (Wildman–Crippen LogP) is 2.93. The minimum atomic E-state index is -4.85. The van der Waals surface area contributed by atoms with Gasteiger partial charge in [0.15, 0.2) is 0 Å². The Bertz CT molecular complexity index is 500. The number of hydrogen-bond acceptors (Lipinski definition) is 3. The average Bonchev–Trinajstić information content (AvgIpc) is 2.25. The fourth-order valence-electron chi connectivity index (χ4n) is 1.28. The number of nitrogen functional groups attached to an aromatic ring is 1. The molecule has 0 spiro atoms. The van der Waals surface area contributed by atoms with Gasteiger partial charge >= 0.3 is 12.5 Å². The summed E-state index contributed by atoms with van der Waals surface area (Å²) in [4.78, 5) is -0.163. The number of anilines is 1. The van der Waals surface area contributed by atoms with Crippen molar-refractivity contribution in [2.24, 2.45) is 0 Å². The number of halogens is 6. The zero-order chi connectivity index (χ0) is 15.6. The topological polar surface area (TPSA) is 52.3 Å². The van der Waals surface area contributed by atoms with Crippen LogP contribution in [0.3, 0.4) is 0 Å². The van der Waals surface area contributed by atoms with Crippen LogP contribution in [0.4, 0.5) is 32.0 Å². The van der Waals surface area contributed by atoms with E-state index >= 15 is 0 Å². The second-order valence-corrected chi connectivity index (χ2v) is 5.13. The molecule has 3 nitrogen and oxygen atoms in total. The molecule has 0 saturated carbocycles. The van der Waals surface area contributed by atoms with Crippen LogP contribution in [0.2, 0.25) is 0 Å². The molecule has 1 aromatic carbocycles. The number of benzene rings is 1. The zero-order valence-electron chi connectivity index (χ0n) is 9.72. The largest absolute Gasteiger partial charge is 0.522 e. The summed E-state index contributed by atoms with van der Waals surface area (Å²) >= 11 is 0. The molecular formula is C10H9F6NO2S. The second-order valence-electron chi connectivity index (χ2n) is 3.59. The van der Waals surface area contributed by atoms with E-state index in [1.54, 1.807) is 0 Å². The van der Waals surface area contributed by atoms with Gasteiger partial charge in [-0.25, -0.2) is 0 Å². The molecule has 114 valence electrons. The van der Waals surface area contributed by atoms with Gasteiger partial charge in [0.2, 0.25) is 0 Å². The van der Waals surface area contributed by atoms with Gasteiger partial charge in [0.25, 0.3) is 0 Å². The van der Waals surface area contributed by atoms with E-state index in [-0.39, 0.29) is 4.90 Å². The first-order valence-electron chi connectivity index (χ1n) is 5.06. The van der Waals surface area contributed by atoms with Crippen molar-refractivity contribution in [2.45, 2.75) is 17.4 Å². The molecule has 1 unspecified atom stereocenters. The number of nitrogens with two attached hydrogens (primary N) is 1. The summed E-state index contributed by atoms with van der Waals surface area (Å²) in [7, 11) is -1.98. The van der Waals surface area contributed by atoms with Gasteiger partial charge < -0.3 is 5.73 Å². The first-order valence-corrected chi connectivity index (χ1v) is 6.38. The van der Waals surface area contributed by atoms with Crippen molar-refractivity contribution in [3.05, 3.63) is 23.8 Å². The third-order valence-corrected chi connectivity index (χ3v) is 3.52. The Kier molecular flexibility index (Phi) is 5.03. The molecule has 1 aromatic rings. The van der Waals surface area contributed by atoms with E-state index in [9.17, 15) is 30.6 Å². The van der Waals surface area contributed by atoms with E-state index in [0.29, 0.717) is 12.1 Å². The van der Waals surface area contributed by atoms with Crippen molar-refractivity contribution in [1.82, 2.24) is 0 Å². The minimum absolute atomic E-state index is 0.163. The fraction of sp³-hybridized carbons (Fsp3) is 0.400. The molecule has 0 bridgehead atoms. The molecule has 0 fully saturated rings. The number of rotatable bonds is 4. The molecular weight excluding hydrogens is 312 g/mol. The van der Waals surface area contributed by atoms with Gasteiger partial charge in [0.1, 0.15) is 0 Å². The standard InChI is InChI=1S/C10H9F6NO2S/c11-9(12,13)6-1-2-8(7(17)5-6)20(18)4-3-19-10(14,15)16/h1-2,5H,3-4,17H2. The summed E-state index contributed by atoms with van der Waals surface area (Å²) in [6, 6.07) is 2.12. The van der Waals surface area contributed by atoms with Crippen molar-refractivity contribution < 1.29 is 35.3 Å². The SMILES string of the molecule is Nc1cc(C(F)(F)F)ccc1S(=O)CCOC(F)(F)F. The highest BCUT2D eigenvalue weighted by molar-refractivity contribution is 7.85. The monoisotopic (exact) mass is 321 g/mol. The smallest absolute Gasteiger partial charge is 0.398 e. The van der Waals surface area contributed by atoms with Gasteiger partial charge in [-0.2, -0.15) is 13.2 Å². The van der Waals surface area contributed by atoms with Gasteiger partial charge in [-0.15, -0.1) is 13.2 Å². The molecule has 1 rings (SSSR count). The summed E-state index contributed by atoms with van der Waals surface area (Å²) in [6.07, 6.45) is -9.45. The third kappa shape index (κ3) is 5.00. The van der Waals surface area contributed by atoms with Crippen molar-refractivity contribution in [3.8, 4) is 0 Å². The average molecular weight is 321 g/mol. The van der Waals surface area contributed by atoms with Crippen LogP contribution in [0.1, 0.15) is 5.56 Å². The van der Waals surface area contributed by atoms with E-state index in [4.69, 9.17) is 5.73 Å². The van der Waals surface area contributed by atoms with Crippen molar-refractivity contribution in [2.75, 3.05) is 18.1 Å². The molecule has 0 radical (unpaired) electrons. The third-order valence-electron chi connectivity index (χ3n) is 2.12. The molecule has 0 aliphatic rings. The first-order chi connectivity index (χ1) is 9.00. The molecule has 2 N–H and O–H groups in total. The van der Waals surface area contributed by atoms with Crippen LogP contribution in [0.5, 0.6) is 0 Å². The normalized spacial score (nSPS) is 14.3. The Morgan fingerprint density at radius 3 is 2.20 bits per heavy atom. The summed E-state index contributed by atoms with van der Waals surface area (Å²) in [5, 5.41) is 0. The van der Waals surface area contributed by atoms with E-state index < -0.39 is 46.9 Å². The van der Waals surface area contributed by atoms with Crippen LogP contribution < -0.4 is 5.73 Å². The predicted molar refractivity (Wildman–Crippen MR) is 59.1 cm³/mol. The zero-order valence-corrected chi connectivity index (χ0v) is 10.5. The first kappa shape index (κ1) is 16.8. The Morgan fingerprint density at radius 1 is 1.15 bits per heavy atom. The Hall–Kier alpha value is -1.29. The molecule has 0 aromatic heterocycles. The highest BCUT2D eigenvalue weighted by atomic mass is 32.2. The molecule has 0 aliphatic carbocycles. The highest BCUT2D eigenvalue weighted by Crippen LogP contribution is 2.32. The molecule has 0 saturated heterocycles. The highest BCUT2D eigenvalue weighted by Gasteiger charge is 2.31. The lowest BCUT2D eigenvalue weighted by Crippen LogP contribution is -2.18. The minimum Gasteiger partial charge on any atom is -0.398 e. The van der Waals surface area contributed by atoms with Crippen LogP contribution in [0, 0.1) is 0 Å². The maximum atomic E-state index is 12.4. The maximum Gasteiger partial charge on any atom is 0.522 e. The number of hydrogen-bond donors (Lipinski definition) is 1. The van der Waals surface area contributed by atoms with E-state index in [1.807, 2.05) is 0 Å². The summed E-state index contributed by atoms with van der Waals surface area (Å²) in [5.74, 6) is -0.533. The molecule has 1 atom stereocenters. The molecule has 20 heavy (non-hydrogen) atoms. The lowest BCUT2D eigenvalue weighted by molar-refractivity contribution is -0.322. The van der Waals surface area contributed by atoms with Gasteiger partial charge in [0, 0.05) is 5.69 Å². The Balaban J connectivity index is 2.75. The second kappa shape index (κ2) is 6.00. The van der Waals surface area contributed by atoms with Crippen molar-refractivity contribution in [1.29, 1.82) is 0 Å². The Morgan fingerprint density at radius 2 is 1.75 bits per heavy atom. The van der Waals surface area contributed by atoms with Crippen LogP contribution in [0.25, 0.3) is 0 Å². The molecule has 10 heteroatoms. The van der Waals surface area contributed by atoms with Crippen LogP contribution >= 0.6 is 0 Å². The summed E-state index contributed by atoms with van der Waals surface area (Å²) in [5.41, 5.74) is 3.90. The van der Waals surface area contributed by atoms with Gasteiger partial charge in [0.05, 0.1) is 33.6 Å². The number of ether oxygens (including phenoxy) is 1. The number of alkyl halides is 6. The summed E-state index contributed by atoms with van der Waals surface area (Å²) in [6.45, 7) is -0.878. The van der Waals surface area contributed by atoms with Crippen LogP contribution in [-0.2, 0) is 21.7 Å². The van der Waals surface area contributed by atoms with Gasteiger partial charge in [-0.1, -0.05) is 0 Å². The van der Waals surface area contributed by atoms with Gasteiger partial charge in [-0.3, -0.25) is 8.95 Å². The van der Waals surface area contributed by atoms with Crippen LogP contribution in [-0.4, -0.2) is 22.9 Å². The fourth-order valence-corrected chi connectivity index (χ4v) is 2.27. The van der Waals surface area contributed by atoms with E-state index in [0.717, 1.165) is 6.07 Å². The summed E-state index contributed by atoms with van der Waals surface area (Å²) < 4.78 is 87.2. The Labute approximate surface area is 112 Å².